The van der Waals surface area contributed by atoms with Crippen LogP contribution in [0.3, 0.4) is 0 Å². The van der Waals surface area contributed by atoms with E-state index in [9.17, 15) is 0 Å². The molecule has 0 amide bonds. The zero-order chi connectivity index (χ0) is 15.6. The molecule has 2 heterocycles. The van der Waals surface area contributed by atoms with Gasteiger partial charge in [-0.25, -0.2) is 0 Å². The molecule has 2 saturated heterocycles. The lowest BCUT2D eigenvalue weighted by Crippen LogP contribution is -2.43. The molecule has 0 aromatic heterocycles. The van der Waals surface area contributed by atoms with Crippen molar-refractivity contribution in [3.05, 3.63) is 24.3 Å². The van der Waals surface area contributed by atoms with Crippen molar-refractivity contribution in [2.75, 3.05) is 52.4 Å². The highest BCUT2D eigenvalue weighted by Gasteiger charge is 2.11. The number of hydrogen-bond donors (Lipinski definition) is 1. The van der Waals surface area contributed by atoms with Crippen molar-refractivity contribution < 1.29 is 0 Å². The number of rotatable bonds is 9. The lowest BCUT2D eigenvalue weighted by molar-refractivity contribution is 0.226. The summed E-state index contributed by atoms with van der Waals surface area (Å²) < 4.78 is 0. The Bertz CT molecular complexity index is 305. The van der Waals surface area contributed by atoms with Crippen molar-refractivity contribution in [3.63, 3.8) is 0 Å². The van der Waals surface area contributed by atoms with Crippen molar-refractivity contribution in [2.45, 2.75) is 44.9 Å². The Balaban J connectivity index is 1.51. The molecular weight excluding hydrogens is 270 g/mol. The van der Waals surface area contributed by atoms with E-state index in [4.69, 9.17) is 0 Å². The third-order valence-electron chi connectivity index (χ3n) is 5.06. The van der Waals surface area contributed by atoms with Gasteiger partial charge in [-0.3, -0.25) is 0 Å². The normalized spacial score (nSPS) is 20.9. The molecule has 0 unspecified atom stereocenters. The molecule has 1 N–H and O–H groups in total. The summed E-state index contributed by atoms with van der Waals surface area (Å²) in [4.78, 5) is 5.17. The van der Waals surface area contributed by atoms with Crippen LogP contribution in [0.25, 0.3) is 0 Å². The lowest BCUT2D eigenvalue weighted by atomic mass is 9.99. The third kappa shape index (κ3) is 6.64. The second kappa shape index (κ2) is 10.2. The van der Waals surface area contributed by atoms with Crippen molar-refractivity contribution in [3.8, 4) is 0 Å². The molecule has 0 spiro atoms. The van der Waals surface area contributed by atoms with Crippen LogP contribution in [0, 0.1) is 0 Å². The first-order valence-corrected chi connectivity index (χ1v) is 9.27. The van der Waals surface area contributed by atoms with E-state index in [2.05, 4.69) is 28.3 Å². The van der Waals surface area contributed by atoms with E-state index in [1.54, 1.807) is 0 Å². The quantitative estimate of drug-likeness (QED) is 0.661. The fraction of sp³-hybridized carbons (Fsp3) is 0.789. The summed E-state index contributed by atoms with van der Waals surface area (Å²) in [7, 11) is 0. The molecule has 2 aliphatic rings. The van der Waals surface area contributed by atoms with E-state index in [1.165, 1.54) is 82.5 Å². The van der Waals surface area contributed by atoms with Gasteiger partial charge in [0.1, 0.15) is 0 Å². The molecule has 0 saturated carbocycles. The zero-order valence-electron chi connectivity index (χ0n) is 14.4. The maximum Gasteiger partial charge on any atom is 0.0107 e. The van der Waals surface area contributed by atoms with Gasteiger partial charge in [-0.05, 0) is 64.7 Å². The van der Waals surface area contributed by atoms with Crippen LogP contribution in [0.5, 0.6) is 0 Å². The van der Waals surface area contributed by atoms with Crippen LogP contribution in [-0.4, -0.2) is 62.2 Å². The second-order valence-electron chi connectivity index (χ2n) is 6.91. The van der Waals surface area contributed by atoms with Gasteiger partial charge in [0.25, 0.3) is 0 Å². The lowest BCUT2D eigenvalue weighted by Gasteiger charge is -2.27. The van der Waals surface area contributed by atoms with E-state index in [-0.39, 0.29) is 0 Å². The summed E-state index contributed by atoms with van der Waals surface area (Å²) in [5.41, 5.74) is 2.58. The Kier molecular flexibility index (Phi) is 8.21. The maximum atomic E-state index is 4.26. The highest BCUT2D eigenvalue weighted by molar-refractivity contribution is 5.24. The van der Waals surface area contributed by atoms with Gasteiger partial charge < -0.3 is 15.1 Å². The Hall–Kier alpha value is -0.640. The molecule has 3 nitrogen and oxygen atoms in total. The summed E-state index contributed by atoms with van der Waals surface area (Å²) in [6, 6.07) is 0. The van der Waals surface area contributed by atoms with E-state index in [1.807, 2.05) is 0 Å². The molecule has 2 rings (SSSR count). The largest absolute Gasteiger partial charge is 0.314 e. The molecule has 0 radical (unpaired) electrons. The molecule has 126 valence electrons. The average Bonchev–Trinajstić information content (AvgIpc) is 2.56. The number of piperidine rings is 1. The van der Waals surface area contributed by atoms with Crippen LogP contribution >= 0.6 is 0 Å². The van der Waals surface area contributed by atoms with Gasteiger partial charge in [-0.15, -0.1) is 0 Å². The highest BCUT2D eigenvalue weighted by Crippen LogP contribution is 2.18. The molecule has 0 atom stereocenters. The van der Waals surface area contributed by atoms with Crippen LogP contribution < -0.4 is 5.32 Å². The standard InChI is InChI=1S/C19H35N3/c1-18(8-6-14-21-12-4-3-5-13-21)19(2)9-7-15-22-16-10-20-11-17-22/h20H,1-17H2. The minimum Gasteiger partial charge on any atom is -0.314 e. The third-order valence-corrected chi connectivity index (χ3v) is 5.06. The van der Waals surface area contributed by atoms with E-state index < -0.39 is 0 Å². The van der Waals surface area contributed by atoms with Gasteiger partial charge in [0.15, 0.2) is 0 Å². The van der Waals surface area contributed by atoms with Crippen LogP contribution in [0.15, 0.2) is 24.3 Å². The van der Waals surface area contributed by atoms with Crippen LogP contribution in [0.2, 0.25) is 0 Å². The highest BCUT2D eigenvalue weighted by atomic mass is 15.2. The molecule has 3 heteroatoms. The number of allylic oxidation sites excluding steroid dienone is 2. The van der Waals surface area contributed by atoms with Crippen molar-refractivity contribution >= 4 is 0 Å². The van der Waals surface area contributed by atoms with E-state index in [0.717, 1.165) is 25.9 Å². The molecule has 2 aliphatic heterocycles. The predicted octanol–water partition coefficient (Wildman–Crippen LogP) is 3.05. The molecule has 2 fully saturated rings. The molecule has 0 aromatic carbocycles. The maximum absolute atomic E-state index is 4.26. The monoisotopic (exact) mass is 305 g/mol. The van der Waals surface area contributed by atoms with Gasteiger partial charge >= 0.3 is 0 Å². The second-order valence-corrected chi connectivity index (χ2v) is 6.91. The minimum atomic E-state index is 1.12. The van der Waals surface area contributed by atoms with E-state index >= 15 is 0 Å². The number of nitrogens with zero attached hydrogens (tertiary/aromatic N) is 2. The van der Waals surface area contributed by atoms with Gasteiger partial charge in [0, 0.05) is 26.2 Å². The van der Waals surface area contributed by atoms with Gasteiger partial charge in [-0.1, -0.05) is 30.7 Å². The molecule has 22 heavy (non-hydrogen) atoms. The minimum absolute atomic E-state index is 1.12. The molecule has 0 bridgehead atoms. The Morgan fingerprint density at radius 1 is 0.727 bits per heavy atom. The Morgan fingerprint density at radius 3 is 1.77 bits per heavy atom. The fourth-order valence-corrected chi connectivity index (χ4v) is 3.50. The zero-order valence-corrected chi connectivity index (χ0v) is 14.4. The SMILES string of the molecule is C=C(CCCN1CCCCC1)C(=C)CCCN1CCNCC1. The molecular formula is C19H35N3. The van der Waals surface area contributed by atoms with Gasteiger partial charge in [-0.2, -0.15) is 0 Å². The number of piperazine rings is 1. The first kappa shape index (κ1) is 17.7. The first-order valence-electron chi connectivity index (χ1n) is 9.27. The number of hydrogen-bond acceptors (Lipinski definition) is 3. The topological polar surface area (TPSA) is 18.5 Å². The smallest absolute Gasteiger partial charge is 0.0107 e. The van der Waals surface area contributed by atoms with Crippen molar-refractivity contribution in [2.24, 2.45) is 0 Å². The average molecular weight is 306 g/mol. The number of likely N-dealkylation sites (tertiary alicyclic amines) is 1. The van der Waals surface area contributed by atoms with Gasteiger partial charge in [0.05, 0.1) is 0 Å². The summed E-state index contributed by atoms with van der Waals surface area (Å²) >= 11 is 0. The summed E-state index contributed by atoms with van der Waals surface area (Å²) in [6.07, 6.45) is 8.92. The predicted molar refractivity (Wildman–Crippen MR) is 96.3 cm³/mol. The first-order chi connectivity index (χ1) is 10.8. The number of nitrogens with one attached hydrogen (secondary N) is 1. The van der Waals surface area contributed by atoms with Crippen LogP contribution in [-0.2, 0) is 0 Å². The molecule has 0 aromatic rings. The molecule has 0 aliphatic carbocycles. The van der Waals surface area contributed by atoms with E-state index in [0.29, 0.717) is 0 Å². The summed E-state index contributed by atoms with van der Waals surface area (Å²) in [5, 5.41) is 3.40. The van der Waals surface area contributed by atoms with Crippen molar-refractivity contribution in [1.82, 2.24) is 15.1 Å². The van der Waals surface area contributed by atoms with Gasteiger partial charge in [0.2, 0.25) is 0 Å². The Morgan fingerprint density at radius 2 is 1.23 bits per heavy atom. The fourth-order valence-electron chi connectivity index (χ4n) is 3.50. The summed E-state index contributed by atoms with van der Waals surface area (Å²) in [6.45, 7) is 18.3. The van der Waals surface area contributed by atoms with Crippen molar-refractivity contribution in [1.29, 1.82) is 0 Å². The van der Waals surface area contributed by atoms with Crippen LogP contribution in [0.4, 0.5) is 0 Å². The Labute approximate surface area is 137 Å². The van der Waals surface area contributed by atoms with Crippen LogP contribution in [0.1, 0.15) is 44.9 Å². The summed E-state index contributed by atoms with van der Waals surface area (Å²) in [5.74, 6) is 0.